The van der Waals surface area contributed by atoms with Crippen molar-refractivity contribution < 1.29 is 14.5 Å². The fraction of sp³-hybridized carbons (Fsp3) is 0.400. The van der Waals surface area contributed by atoms with Gasteiger partial charge in [0.05, 0.1) is 16.4 Å². The molecule has 0 unspecified atom stereocenters. The third kappa shape index (κ3) is 4.11. The molecule has 0 aliphatic carbocycles. The van der Waals surface area contributed by atoms with Gasteiger partial charge in [-0.25, -0.2) is 0 Å². The molecule has 2 aromatic rings. The van der Waals surface area contributed by atoms with Gasteiger partial charge in [-0.1, -0.05) is 6.07 Å². The van der Waals surface area contributed by atoms with E-state index in [0.29, 0.717) is 17.1 Å². The molecular weight excluding hydrogens is 402 g/mol. The molecule has 31 heavy (non-hydrogen) atoms. The maximum absolute atomic E-state index is 13.0. The van der Waals surface area contributed by atoms with Crippen molar-refractivity contribution in [1.82, 2.24) is 9.97 Å². The lowest BCUT2D eigenvalue weighted by atomic mass is 9.91. The fourth-order valence-corrected chi connectivity index (χ4v) is 3.96. The van der Waals surface area contributed by atoms with Gasteiger partial charge in [0.2, 0.25) is 17.8 Å². The van der Waals surface area contributed by atoms with Crippen LogP contribution >= 0.6 is 0 Å². The Kier molecular flexibility index (Phi) is 5.40. The van der Waals surface area contributed by atoms with Gasteiger partial charge >= 0.3 is 0 Å². The Bertz CT molecular complexity index is 1070. The Hall–Kier alpha value is -3.76. The summed E-state index contributed by atoms with van der Waals surface area (Å²) in [6.45, 7) is 3.23. The molecule has 1 aromatic carbocycles. The van der Waals surface area contributed by atoms with E-state index in [0.717, 1.165) is 32.4 Å². The lowest BCUT2D eigenvalue weighted by Gasteiger charge is -2.30. The maximum Gasteiger partial charge on any atom is 0.274 e. The van der Waals surface area contributed by atoms with E-state index >= 15 is 0 Å². The summed E-state index contributed by atoms with van der Waals surface area (Å²) in [4.78, 5) is 46.8. The second-order valence-corrected chi connectivity index (χ2v) is 7.77. The van der Waals surface area contributed by atoms with Gasteiger partial charge in [0.15, 0.2) is 0 Å². The van der Waals surface area contributed by atoms with Crippen LogP contribution in [0, 0.1) is 17.0 Å². The fourth-order valence-electron chi connectivity index (χ4n) is 3.96. The summed E-state index contributed by atoms with van der Waals surface area (Å²) >= 11 is 0. The minimum atomic E-state index is -0.903. The van der Waals surface area contributed by atoms with Gasteiger partial charge in [-0.15, -0.1) is 0 Å². The van der Waals surface area contributed by atoms with Crippen LogP contribution in [0.25, 0.3) is 0 Å². The summed E-state index contributed by atoms with van der Waals surface area (Å²) in [5.41, 5.74) is 7.20. The van der Waals surface area contributed by atoms with Crippen molar-refractivity contribution in [3.05, 3.63) is 39.4 Å². The van der Waals surface area contributed by atoms with E-state index in [1.54, 1.807) is 19.1 Å². The van der Waals surface area contributed by atoms with Gasteiger partial charge in [0, 0.05) is 36.8 Å². The molecule has 0 bridgehead atoms. The van der Waals surface area contributed by atoms with Crippen molar-refractivity contribution in [2.24, 2.45) is 0 Å². The Balaban J connectivity index is 1.63. The van der Waals surface area contributed by atoms with E-state index in [2.05, 4.69) is 20.6 Å². The Morgan fingerprint density at radius 2 is 2.03 bits per heavy atom. The predicted octanol–water partition coefficient (Wildman–Crippen LogP) is 2.33. The number of hydrogen-bond acceptors (Lipinski definition) is 8. The lowest BCUT2D eigenvalue weighted by Crippen LogP contribution is -2.35. The molecule has 0 spiro atoms. The summed E-state index contributed by atoms with van der Waals surface area (Å²) in [5.74, 6) is -0.952. The van der Waals surface area contributed by atoms with Gasteiger partial charge < -0.3 is 21.3 Å². The second-order valence-electron chi connectivity index (χ2n) is 7.77. The Morgan fingerprint density at radius 1 is 1.29 bits per heavy atom. The monoisotopic (exact) mass is 425 g/mol. The highest BCUT2D eigenvalue weighted by atomic mass is 16.6. The zero-order chi connectivity index (χ0) is 22.1. The number of rotatable bonds is 4. The number of benzene rings is 1. The molecule has 0 saturated carbocycles. The number of anilines is 4. The molecule has 162 valence electrons. The average molecular weight is 425 g/mol. The van der Waals surface area contributed by atoms with Crippen LogP contribution in [0.1, 0.15) is 42.7 Å². The molecular formula is C20H23N7O4. The zero-order valence-corrected chi connectivity index (χ0v) is 17.1. The highest BCUT2D eigenvalue weighted by Gasteiger charge is 2.35. The molecule has 4 N–H and O–H groups in total. The number of amides is 2. The Morgan fingerprint density at radius 3 is 2.74 bits per heavy atom. The third-order valence-electron chi connectivity index (χ3n) is 5.59. The number of nitrogens with zero attached hydrogens (tertiary/aromatic N) is 4. The molecule has 3 heterocycles. The number of aryl methyl sites for hydroxylation is 1. The van der Waals surface area contributed by atoms with Gasteiger partial charge in [-0.05, 0) is 32.3 Å². The smallest absolute Gasteiger partial charge is 0.274 e. The van der Waals surface area contributed by atoms with Crippen LogP contribution in [0.3, 0.4) is 0 Å². The molecule has 2 aliphatic heterocycles. The molecule has 1 fully saturated rings. The summed E-state index contributed by atoms with van der Waals surface area (Å²) in [5, 5.41) is 16.5. The quantitative estimate of drug-likeness (QED) is 0.498. The van der Waals surface area contributed by atoms with E-state index in [9.17, 15) is 19.7 Å². The number of nitro groups is 1. The van der Waals surface area contributed by atoms with Gasteiger partial charge in [0.1, 0.15) is 11.6 Å². The predicted molar refractivity (Wildman–Crippen MR) is 115 cm³/mol. The first-order chi connectivity index (χ1) is 14.8. The first-order valence-corrected chi connectivity index (χ1v) is 10.1. The standard InChI is InChI=1S/C20H23N7O4/c1-11-5-6-12(9-14(11)27(30)31)22-19(29)13-10-15(28)23-18-16(13)17(21)24-20(25-18)26-7-3-2-4-8-26/h5-6,9,13H,2-4,7-8,10H2,1H3,(H,22,29)(H3,21,23,24,25,28)/t13-/m1/s1. The summed E-state index contributed by atoms with van der Waals surface area (Å²) < 4.78 is 0. The van der Waals surface area contributed by atoms with Crippen molar-refractivity contribution in [2.75, 3.05) is 34.4 Å². The number of carbonyl (C=O) groups excluding carboxylic acids is 2. The highest BCUT2D eigenvalue weighted by Crippen LogP contribution is 2.37. The van der Waals surface area contributed by atoms with Crippen LogP contribution < -0.4 is 21.3 Å². The zero-order valence-electron chi connectivity index (χ0n) is 17.1. The molecule has 1 aromatic heterocycles. The van der Waals surface area contributed by atoms with Crippen molar-refractivity contribution in [2.45, 2.75) is 38.5 Å². The largest absolute Gasteiger partial charge is 0.383 e. The summed E-state index contributed by atoms with van der Waals surface area (Å²) in [7, 11) is 0. The number of nitrogens with one attached hydrogen (secondary N) is 2. The SMILES string of the molecule is Cc1ccc(NC(=O)[C@@H]2CC(=O)Nc3nc(N4CCCCC4)nc(N)c32)cc1[N+](=O)[O-]. The number of piperidine rings is 1. The molecule has 11 nitrogen and oxygen atoms in total. The van der Waals surface area contributed by atoms with Crippen molar-refractivity contribution in [1.29, 1.82) is 0 Å². The van der Waals surface area contributed by atoms with Gasteiger partial charge in [0.25, 0.3) is 5.69 Å². The summed E-state index contributed by atoms with van der Waals surface area (Å²) in [6.07, 6.45) is 3.08. The van der Waals surface area contributed by atoms with Gasteiger partial charge in [-0.2, -0.15) is 9.97 Å². The van der Waals surface area contributed by atoms with Crippen LogP contribution in [0.5, 0.6) is 0 Å². The molecule has 4 rings (SSSR count). The second kappa shape index (κ2) is 8.17. The number of hydrogen-bond donors (Lipinski definition) is 3. The van der Waals surface area contributed by atoms with Gasteiger partial charge in [-0.3, -0.25) is 19.7 Å². The van der Waals surface area contributed by atoms with E-state index < -0.39 is 16.7 Å². The number of carbonyl (C=O) groups is 2. The van der Waals surface area contributed by atoms with Crippen LogP contribution in [-0.4, -0.2) is 39.8 Å². The minimum Gasteiger partial charge on any atom is -0.383 e. The maximum atomic E-state index is 13.0. The molecule has 2 amide bonds. The van der Waals surface area contributed by atoms with Crippen LogP contribution in [0.15, 0.2) is 18.2 Å². The molecule has 2 aliphatic rings. The number of nitrogens with two attached hydrogens (primary N) is 1. The molecule has 0 radical (unpaired) electrons. The average Bonchev–Trinajstić information content (AvgIpc) is 2.74. The third-order valence-corrected chi connectivity index (χ3v) is 5.59. The first-order valence-electron chi connectivity index (χ1n) is 10.1. The molecule has 1 atom stereocenters. The first kappa shape index (κ1) is 20.5. The molecule has 11 heteroatoms. The highest BCUT2D eigenvalue weighted by molar-refractivity contribution is 6.05. The van der Waals surface area contributed by atoms with Crippen LogP contribution in [0.2, 0.25) is 0 Å². The number of fused-ring (bicyclic) bond motifs is 1. The van der Waals surface area contributed by atoms with E-state index in [1.807, 2.05) is 4.90 Å². The van der Waals surface area contributed by atoms with Crippen molar-refractivity contribution in [3.63, 3.8) is 0 Å². The number of nitro benzene ring substituents is 1. The van der Waals surface area contributed by atoms with Crippen molar-refractivity contribution >= 4 is 40.8 Å². The Labute approximate surface area is 178 Å². The number of aromatic nitrogens is 2. The normalized spacial score (nSPS) is 18.2. The minimum absolute atomic E-state index is 0.103. The summed E-state index contributed by atoms with van der Waals surface area (Å²) in [6, 6.07) is 4.41. The molecule has 1 saturated heterocycles. The topological polar surface area (TPSA) is 156 Å². The number of nitrogen functional groups attached to an aromatic ring is 1. The van der Waals surface area contributed by atoms with Crippen LogP contribution in [-0.2, 0) is 9.59 Å². The van der Waals surface area contributed by atoms with Crippen LogP contribution in [0.4, 0.5) is 29.0 Å². The van der Waals surface area contributed by atoms with E-state index in [1.165, 1.54) is 6.07 Å². The van der Waals surface area contributed by atoms with Crippen molar-refractivity contribution in [3.8, 4) is 0 Å². The lowest BCUT2D eigenvalue weighted by molar-refractivity contribution is -0.385. The van der Waals surface area contributed by atoms with E-state index in [-0.39, 0.29) is 35.3 Å². The van der Waals surface area contributed by atoms with E-state index in [4.69, 9.17) is 5.73 Å².